The van der Waals surface area contributed by atoms with Gasteiger partial charge in [0, 0.05) is 0 Å². The van der Waals surface area contributed by atoms with Crippen molar-refractivity contribution in [1.82, 2.24) is 0 Å². The summed E-state index contributed by atoms with van der Waals surface area (Å²) in [5.74, 6) is 0. The summed E-state index contributed by atoms with van der Waals surface area (Å²) in [5, 5.41) is 0. The van der Waals surface area contributed by atoms with Crippen molar-refractivity contribution in [2.24, 2.45) is 0 Å². The average Bonchev–Trinajstić information content (AvgIpc) is 2.10. The first-order chi connectivity index (χ1) is 5.72. The van der Waals surface area contributed by atoms with Gasteiger partial charge in [-0.05, 0) is 38.8 Å². The van der Waals surface area contributed by atoms with Crippen molar-refractivity contribution in [3.8, 4) is 0 Å². The zero-order chi connectivity index (χ0) is 9.40. The molecule has 0 radical (unpaired) electrons. The lowest BCUT2D eigenvalue weighted by Gasteiger charge is -1.96. The van der Waals surface area contributed by atoms with Crippen molar-refractivity contribution in [2.75, 3.05) is 0 Å². The van der Waals surface area contributed by atoms with Crippen LogP contribution in [0.25, 0.3) is 0 Å². The van der Waals surface area contributed by atoms with Gasteiger partial charge in [0.1, 0.15) is 0 Å². The smallest absolute Gasteiger partial charge is 0.0395 e. The molecule has 0 saturated carbocycles. The van der Waals surface area contributed by atoms with Gasteiger partial charge in [0.2, 0.25) is 0 Å². The topological polar surface area (TPSA) is 0 Å². The summed E-state index contributed by atoms with van der Waals surface area (Å²) in [6.07, 6.45) is 12.4. The van der Waals surface area contributed by atoms with Gasteiger partial charge in [-0.3, -0.25) is 0 Å². The van der Waals surface area contributed by atoms with Crippen LogP contribution < -0.4 is 0 Å². The maximum atomic E-state index is 2.12. The number of hydrogen-bond acceptors (Lipinski definition) is 0. The van der Waals surface area contributed by atoms with Gasteiger partial charge in [-0.1, -0.05) is 36.5 Å². The molecule has 0 aromatic carbocycles. The molecule has 0 heteroatoms. The monoisotopic (exact) mass is 162 g/mol. The molecule has 0 fully saturated rings. The summed E-state index contributed by atoms with van der Waals surface area (Å²) >= 11 is 0. The molecule has 0 aliphatic carbocycles. The second-order valence-corrected chi connectivity index (χ2v) is 2.75. The van der Waals surface area contributed by atoms with Crippen molar-refractivity contribution >= 4 is 0 Å². The molecule has 0 unspecified atom stereocenters. The van der Waals surface area contributed by atoms with E-state index in [9.17, 15) is 0 Å². The van der Waals surface area contributed by atoms with Crippen LogP contribution >= 0.6 is 0 Å². The van der Waals surface area contributed by atoms with Crippen LogP contribution in [-0.2, 0) is 0 Å². The Morgan fingerprint density at radius 2 is 1.08 bits per heavy atom. The van der Waals surface area contributed by atoms with Gasteiger partial charge in [-0.2, -0.15) is 0 Å². The summed E-state index contributed by atoms with van der Waals surface area (Å²) in [7, 11) is 0. The van der Waals surface area contributed by atoms with Crippen LogP contribution in [0.4, 0.5) is 0 Å². The number of rotatable bonds is 3. The summed E-state index contributed by atoms with van der Waals surface area (Å²) in [6, 6.07) is 0. The Labute approximate surface area is 76.0 Å². The molecule has 0 aromatic rings. The molecule has 0 N–H and O–H groups in total. The highest BCUT2D eigenvalue weighted by molar-refractivity contribution is 5.32. The van der Waals surface area contributed by atoms with Crippen LogP contribution in [0, 0.1) is 0 Å². The molecule has 0 aromatic heterocycles. The lowest BCUT2D eigenvalue weighted by Crippen LogP contribution is -1.76. The molecular formula is C12H18. The Kier molecular flexibility index (Phi) is 6.08. The Hall–Kier alpha value is -1.04. The minimum absolute atomic E-state index is 1.31. The first-order valence-electron chi connectivity index (χ1n) is 4.32. The molecule has 0 heterocycles. The number of allylic oxidation sites excluding steroid dienone is 8. The van der Waals surface area contributed by atoms with E-state index < -0.39 is 0 Å². The second kappa shape index (κ2) is 6.66. The maximum Gasteiger partial charge on any atom is -0.0395 e. The summed E-state index contributed by atoms with van der Waals surface area (Å²) < 4.78 is 0. The van der Waals surface area contributed by atoms with Crippen molar-refractivity contribution in [2.45, 2.75) is 27.7 Å². The van der Waals surface area contributed by atoms with Gasteiger partial charge < -0.3 is 0 Å². The minimum atomic E-state index is 1.31. The van der Waals surface area contributed by atoms with Gasteiger partial charge in [-0.15, -0.1) is 0 Å². The van der Waals surface area contributed by atoms with Gasteiger partial charge in [-0.25, -0.2) is 0 Å². The minimum Gasteiger partial charge on any atom is -0.0877 e. The molecule has 66 valence electrons. The number of hydrogen-bond donors (Lipinski definition) is 0. The van der Waals surface area contributed by atoms with E-state index in [-0.39, 0.29) is 0 Å². The molecule has 12 heavy (non-hydrogen) atoms. The van der Waals surface area contributed by atoms with Gasteiger partial charge in [0.15, 0.2) is 0 Å². The highest BCUT2D eigenvalue weighted by Gasteiger charge is 1.87. The summed E-state index contributed by atoms with van der Waals surface area (Å²) in [5.41, 5.74) is 2.62. The van der Waals surface area contributed by atoms with E-state index in [1.165, 1.54) is 11.1 Å². The molecule has 0 spiro atoms. The van der Waals surface area contributed by atoms with E-state index in [1.54, 1.807) is 0 Å². The van der Waals surface area contributed by atoms with Gasteiger partial charge in [0.25, 0.3) is 0 Å². The maximum absolute atomic E-state index is 2.12. The zero-order valence-corrected chi connectivity index (χ0v) is 8.46. The lowest BCUT2D eigenvalue weighted by molar-refractivity contribution is 1.34. The Bertz CT molecular complexity index is 198. The molecule has 0 saturated heterocycles. The van der Waals surface area contributed by atoms with Crippen molar-refractivity contribution in [3.63, 3.8) is 0 Å². The van der Waals surface area contributed by atoms with E-state index in [2.05, 4.69) is 38.2 Å². The Morgan fingerprint density at radius 1 is 0.750 bits per heavy atom. The summed E-state index contributed by atoms with van der Waals surface area (Å²) in [6.45, 7) is 8.29. The second-order valence-electron chi connectivity index (χ2n) is 2.75. The average molecular weight is 162 g/mol. The molecular weight excluding hydrogens is 144 g/mol. The first-order valence-corrected chi connectivity index (χ1v) is 4.32. The largest absolute Gasteiger partial charge is 0.0877 e. The third kappa shape index (κ3) is 4.73. The lowest BCUT2D eigenvalue weighted by atomic mass is 10.1. The third-order valence-corrected chi connectivity index (χ3v) is 1.70. The van der Waals surface area contributed by atoms with Crippen LogP contribution in [-0.4, -0.2) is 0 Å². The van der Waals surface area contributed by atoms with Crippen molar-refractivity contribution in [3.05, 3.63) is 47.6 Å². The highest BCUT2D eigenvalue weighted by atomic mass is 13.9. The van der Waals surface area contributed by atoms with Crippen LogP contribution in [0.5, 0.6) is 0 Å². The molecule has 0 amide bonds. The van der Waals surface area contributed by atoms with Crippen LogP contribution in [0.15, 0.2) is 47.6 Å². The Morgan fingerprint density at radius 3 is 1.33 bits per heavy atom. The quantitative estimate of drug-likeness (QED) is 0.549. The van der Waals surface area contributed by atoms with E-state index in [0.29, 0.717) is 0 Å². The fourth-order valence-corrected chi connectivity index (χ4v) is 0.744. The standard InChI is InChI=1S/C12H18/c1-5-7-9-11(3)12(4)10-8-6-2/h5-10H,1-4H3/b7-5-,8-6-,11-9+,12-10+. The molecule has 0 rings (SSSR count). The highest BCUT2D eigenvalue weighted by Crippen LogP contribution is 2.07. The SMILES string of the molecule is C\C=C/C=C(C)/C(C)=C/C=C\C. The third-order valence-electron chi connectivity index (χ3n) is 1.70. The fraction of sp³-hybridized carbons (Fsp3) is 0.333. The normalized spacial score (nSPS) is 15.0. The fourth-order valence-electron chi connectivity index (χ4n) is 0.744. The predicted molar refractivity (Wildman–Crippen MR) is 57.1 cm³/mol. The van der Waals surface area contributed by atoms with Gasteiger partial charge in [0.05, 0.1) is 0 Å². The van der Waals surface area contributed by atoms with Crippen molar-refractivity contribution in [1.29, 1.82) is 0 Å². The molecule has 0 nitrogen and oxygen atoms in total. The molecule has 0 aliphatic heterocycles. The van der Waals surface area contributed by atoms with Crippen molar-refractivity contribution < 1.29 is 0 Å². The van der Waals surface area contributed by atoms with E-state index >= 15 is 0 Å². The van der Waals surface area contributed by atoms with E-state index in [1.807, 2.05) is 26.0 Å². The predicted octanol–water partition coefficient (Wildman–Crippen LogP) is 4.03. The van der Waals surface area contributed by atoms with Crippen LogP contribution in [0.2, 0.25) is 0 Å². The summed E-state index contributed by atoms with van der Waals surface area (Å²) in [4.78, 5) is 0. The van der Waals surface area contributed by atoms with E-state index in [0.717, 1.165) is 0 Å². The molecule has 0 bridgehead atoms. The van der Waals surface area contributed by atoms with E-state index in [4.69, 9.17) is 0 Å². The molecule has 0 atom stereocenters. The molecule has 0 aliphatic rings. The first kappa shape index (κ1) is 11.0. The van der Waals surface area contributed by atoms with Gasteiger partial charge >= 0.3 is 0 Å². The zero-order valence-electron chi connectivity index (χ0n) is 8.46. The Balaban J connectivity index is 4.36. The van der Waals surface area contributed by atoms with Crippen LogP contribution in [0.3, 0.4) is 0 Å². The van der Waals surface area contributed by atoms with Crippen LogP contribution in [0.1, 0.15) is 27.7 Å².